The van der Waals surface area contributed by atoms with Gasteiger partial charge in [-0.25, -0.2) is 0 Å². The Labute approximate surface area is 95.8 Å². The van der Waals surface area contributed by atoms with Gasteiger partial charge in [-0.2, -0.15) is 5.10 Å². The predicted molar refractivity (Wildman–Crippen MR) is 61.2 cm³/mol. The highest BCUT2D eigenvalue weighted by atomic mass is 16.5. The number of nitrogens with zero attached hydrogens (tertiary/aromatic N) is 2. The van der Waals surface area contributed by atoms with Crippen LogP contribution in [0.2, 0.25) is 0 Å². The third-order valence-electron chi connectivity index (χ3n) is 2.57. The van der Waals surface area contributed by atoms with E-state index in [0.29, 0.717) is 13.0 Å². The van der Waals surface area contributed by atoms with E-state index in [1.165, 1.54) is 7.11 Å². The van der Waals surface area contributed by atoms with Gasteiger partial charge in [0.05, 0.1) is 12.8 Å². The topological polar surface area (TPSA) is 56.2 Å². The molecule has 1 aromatic rings. The zero-order valence-corrected chi connectivity index (χ0v) is 10.3. The zero-order valence-electron chi connectivity index (χ0n) is 10.3. The fourth-order valence-corrected chi connectivity index (χ4v) is 1.67. The lowest BCUT2D eigenvalue weighted by atomic mass is 10.2. The van der Waals surface area contributed by atoms with E-state index in [1.807, 2.05) is 24.6 Å². The Morgan fingerprint density at radius 3 is 2.75 bits per heavy atom. The quantitative estimate of drug-likeness (QED) is 0.748. The van der Waals surface area contributed by atoms with Crippen LogP contribution in [-0.2, 0) is 16.1 Å². The Morgan fingerprint density at radius 1 is 1.62 bits per heavy atom. The molecule has 0 aromatic carbocycles. The molecule has 0 saturated heterocycles. The highest BCUT2D eigenvalue weighted by Crippen LogP contribution is 2.04. The number of methoxy groups -OCH3 is 1. The summed E-state index contributed by atoms with van der Waals surface area (Å²) in [4.78, 5) is 11.3. The molecule has 0 aliphatic heterocycles. The largest absolute Gasteiger partial charge is 0.468 e. The molecule has 1 N–H and O–H groups in total. The van der Waals surface area contributed by atoms with Crippen molar-refractivity contribution in [1.29, 1.82) is 0 Å². The van der Waals surface area contributed by atoms with Gasteiger partial charge in [0, 0.05) is 12.2 Å². The van der Waals surface area contributed by atoms with Gasteiger partial charge in [0.2, 0.25) is 0 Å². The SMILES string of the molecule is CNC(CCn1nc(C)cc1C)C(=O)OC. The maximum absolute atomic E-state index is 11.3. The number of hydrogen-bond donors (Lipinski definition) is 1. The lowest BCUT2D eigenvalue weighted by molar-refractivity contribution is -0.143. The molecule has 5 heteroatoms. The van der Waals surface area contributed by atoms with Crippen LogP contribution in [0.25, 0.3) is 0 Å². The van der Waals surface area contributed by atoms with E-state index in [9.17, 15) is 4.79 Å². The number of ether oxygens (including phenoxy) is 1. The van der Waals surface area contributed by atoms with Crippen molar-refractivity contribution in [2.24, 2.45) is 0 Å². The fourth-order valence-electron chi connectivity index (χ4n) is 1.67. The number of likely N-dealkylation sites (N-methyl/N-ethyl adjacent to an activating group) is 1. The normalized spacial score (nSPS) is 12.5. The Hall–Kier alpha value is -1.36. The molecule has 16 heavy (non-hydrogen) atoms. The Morgan fingerprint density at radius 2 is 2.31 bits per heavy atom. The molecular weight excluding hydrogens is 206 g/mol. The molecule has 0 aliphatic carbocycles. The smallest absolute Gasteiger partial charge is 0.322 e. The highest BCUT2D eigenvalue weighted by molar-refractivity contribution is 5.75. The first-order valence-electron chi connectivity index (χ1n) is 5.34. The highest BCUT2D eigenvalue weighted by Gasteiger charge is 2.16. The van der Waals surface area contributed by atoms with Gasteiger partial charge >= 0.3 is 5.97 Å². The molecule has 0 fully saturated rings. The average Bonchev–Trinajstić information content (AvgIpc) is 2.58. The van der Waals surface area contributed by atoms with Crippen molar-refractivity contribution in [1.82, 2.24) is 15.1 Å². The van der Waals surface area contributed by atoms with Crippen LogP contribution < -0.4 is 5.32 Å². The second kappa shape index (κ2) is 5.65. The van der Waals surface area contributed by atoms with Crippen LogP contribution in [0.5, 0.6) is 0 Å². The van der Waals surface area contributed by atoms with Gasteiger partial charge in [-0.05, 0) is 33.4 Å². The molecule has 1 unspecified atom stereocenters. The molecule has 1 rings (SSSR count). The van der Waals surface area contributed by atoms with E-state index in [-0.39, 0.29) is 12.0 Å². The number of aromatic nitrogens is 2. The number of carbonyl (C=O) groups is 1. The summed E-state index contributed by atoms with van der Waals surface area (Å²) >= 11 is 0. The molecule has 0 radical (unpaired) electrons. The van der Waals surface area contributed by atoms with Crippen LogP contribution in [-0.4, -0.2) is 35.9 Å². The molecule has 0 saturated carbocycles. The van der Waals surface area contributed by atoms with Crippen molar-refractivity contribution in [3.63, 3.8) is 0 Å². The summed E-state index contributed by atoms with van der Waals surface area (Å²) in [7, 11) is 3.15. The summed E-state index contributed by atoms with van der Waals surface area (Å²) in [5.74, 6) is -0.232. The first-order valence-corrected chi connectivity index (χ1v) is 5.34. The van der Waals surface area contributed by atoms with Gasteiger partial charge < -0.3 is 10.1 Å². The summed E-state index contributed by atoms with van der Waals surface area (Å²) in [6.45, 7) is 4.67. The van der Waals surface area contributed by atoms with Gasteiger partial charge in [0.25, 0.3) is 0 Å². The van der Waals surface area contributed by atoms with Gasteiger partial charge in [-0.1, -0.05) is 0 Å². The van der Waals surface area contributed by atoms with E-state index >= 15 is 0 Å². The first-order chi connectivity index (χ1) is 7.58. The number of rotatable bonds is 5. The van der Waals surface area contributed by atoms with E-state index in [0.717, 1.165) is 11.4 Å². The zero-order chi connectivity index (χ0) is 12.1. The van der Waals surface area contributed by atoms with Crippen molar-refractivity contribution < 1.29 is 9.53 Å². The monoisotopic (exact) mass is 225 g/mol. The maximum atomic E-state index is 11.3. The van der Waals surface area contributed by atoms with E-state index in [4.69, 9.17) is 4.74 Å². The molecule has 5 nitrogen and oxygen atoms in total. The second-order valence-electron chi connectivity index (χ2n) is 3.80. The molecule has 0 amide bonds. The third kappa shape index (κ3) is 3.06. The number of nitrogens with one attached hydrogen (secondary N) is 1. The van der Waals surface area contributed by atoms with Gasteiger partial charge in [0.1, 0.15) is 6.04 Å². The Balaban J connectivity index is 2.56. The van der Waals surface area contributed by atoms with Crippen molar-refractivity contribution in [3.05, 3.63) is 17.5 Å². The van der Waals surface area contributed by atoms with Crippen LogP contribution in [0.4, 0.5) is 0 Å². The van der Waals surface area contributed by atoms with Crippen molar-refractivity contribution in [3.8, 4) is 0 Å². The maximum Gasteiger partial charge on any atom is 0.322 e. The number of carbonyl (C=O) groups excluding carboxylic acids is 1. The van der Waals surface area contributed by atoms with Gasteiger partial charge in [-0.3, -0.25) is 9.48 Å². The minimum atomic E-state index is -0.270. The van der Waals surface area contributed by atoms with Crippen molar-refractivity contribution in [2.45, 2.75) is 32.9 Å². The molecule has 1 atom stereocenters. The predicted octanol–water partition coefficient (Wildman–Crippen LogP) is 0.651. The van der Waals surface area contributed by atoms with E-state index in [2.05, 4.69) is 10.4 Å². The van der Waals surface area contributed by atoms with Gasteiger partial charge in [-0.15, -0.1) is 0 Å². The number of aryl methyl sites for hydroxylation is 3. The van der Waals surface area contributed by atoms with E-state index < -0.39 is 0 Å². The Bertz CT molecular complexity index is 360. The van der Waals surface area contributed by atoms with Gasteiger partial charge in [0.15, 0.2) is 0 Å². The lowest BCUT2D eigenvalue weighted by Crippen LogP contribution is -2.36. The number of hydrogen-bond acceptors (Lipinski definition) is 4. The van der Waals surface area contributed by atoms with Crippen LogP contribution in [0.3, 0.4) is 0 Å². The second-order valence-corrected chi connectivity index (χ2v) is 3.80. The van der Waals surface area contributed by atoms with Crippen LogP contribution in [0, 0.1) is 13.8 Å². The summed E-state index contributed by atoms with van der Waals surface area (Å²) < 4.78 is 6.60. The average molecular weight is 225 g/mol. The van der Waals surface area contributed by atoms with Crippen LogP contribution >= 0.6 is 0 Å². The minimum absolute atomic E-state index is 0.232. The van der Waals surface area contributed by atoms with E-state index in [1.54, 1.807) is 7.05 Å². The molecule has 0 spiro atoms. The summed E-state index contributed by atoms with van der Waals surface area (Å²) in [6.07, 6.45) is 0.672. The minimum Gasteiger partial charge on any atom is -0.468 e. The summed E-state index contributed by atoms with van der Waals surface area (Å²) in [5, 5.41) is 7.27. The molecule has 0 aliphatic rings. The number of esters is 1. The van der Waals surface area contributed by atoms with Crippen molar-refractivity contribution >= 4 is 5.97 Å². The van der Waals surface area contributed by atoms with Crippen LogP contribution in [0.1, 0.15) is 17.8 Å². The first kappa shape index (κ1) is 12.7. The van der Waals surface area contributed by atoms with Crippen LogP contribution in [0.15, 0.2) is 6.07 Å². The third-order valence-corrected chi connectivity index (χ3v) is 2.57. The van der Waals surface area contributed by atoms with Crippen molar-refractivity contribution in [2.75, 3.05) is 14.2 Å². The molecule has 1 heterocycles. The molecular formula is C11H19N3O2. The summed E-state index contributed by atoms with van der Waals surface area (Å²) in [6, 6.07) is 1.75. The lowest BCUT2D eigenvalue weighted by Gasteiger charge is -2.13. The summed E-state index contributed by atoms with van der Waals surface area (Å²) in [5.41, 5.74) is 2.11. The Kier molecular flexibility index (Phi) is 4.49. The standard InChI is InChI=1S/C11H19N3O2/c1-8-7-9(2)14(13-8)6-5-10(12-3)11(15)16-4/h7,10,12H,5-6H2,1-4H3. The fraction of sp³-hybridized carbons (Fsp3) is 0.636. The molecule has 1 aromatic heterocycles. The molecule has 0 bridgehead atoms. The molecule has 90 valence electrons.